The van der Waals surface area contributed by atoms with Gasteiger partial charge in [-0.25, -0.2) is 0 Å². The number of ether oxygens (including phenoxy) is 4. The second kappa shape index (κ2) is 11.2. The number of methoxy groups -OCH3 is 2. The van der Waals surface area contributed by atoms with E-state index in [1.54, 1.807) is 12.1 Å². The van der Waals surface area contributed by atoms with Gasteiger partial charge < -0.3 is 18.9 Å². The highest BCUT2D eigenvalue weighted by atomic mass is 35.5. The van der Waals surface area contributed by atoms with Gasteiger partial charge in [-0.3, -0.25) is 9.59 Å². The first kappa shape index (κ1) is 26.8. The first-order valence-electron chi connectivity index (χ1n) is 13.3. The number of pyridine rings is 2. The molecular formula is C32H27ClN2O6. The fraction of sp³-hybridized carbons (Fsp3) is 0.250. The molecule has 0 N–H and O–H groups in total. The molecule has 4 aromatic rings. The maximum Gasteiger partial charge on any atom is 0.236 e. The van der Waals surface area contributed by atoms with Gasteiger partial charge in [-0.05, 0) is 71.2 Å². The molecule has 2 heterocycles. The monoisotopic (exact) mass is 570 g/mol. The maximum absolute atomic E-state index is 11.3. The lowest BCUT2D eigenvalue weighted by Crippen LogP contribution is -2.07. The van der Waals surface area contributed by atoms with E-state index in [2.05, 4.69) is 40.3 Å². The molecule has 0 saturated heterocycles. The third-order valence-electron chi connectivity index (χ3n) is 7.68. The molecule has 0 fully saturated rings. The first-order chi connectivity index (χ1) is 20.0. The van der Waals surface area contributed by atoms with Crippen LogP contribution in [-0.4, -0.2) is 36.8 Å². The topological polar surface area (TPSA) is 96.8 Å². The van der Waals surface area contributed by atoms with Crippen molar-refractivity contribution in [2.45, 2.75) is 37.9 Å². The van der Waals surface area contributed by atoms with Crippen LogP contribution in [0.2, 0.25) is 5.02 Å². The van der Waals surface area contributed by atoms with Crippen molar-refractivity contribution >= 4 is 24.2 Å². The molecule has 2 aromatic heterocycles. The van der Waals surface area contributed by atoms with E-state index in [0.29, 0.717) is 24.0 Å². The lowest BCUT2D eigenvalue weighted by Gasteiger charge is -2.18. The van der Waals surface area contributed by atoms with E-state index in [9.17, 15) is 9.59 Å². The predicted octanol–water partition coefficient (Wildman–Crippen LogP) is 6.57. The van der Waals surface area contributed by atoms with Gasteiger partial charge in [0, 0.05) is 6.07 Å². The number of fused-ring (bicyclic) bond motifs is 2. The Morgan fingerprint density at radius 2 is 1.32 bits per heavy atom. The molecule has 6 rings (SSSR count). The lowest BCUT2D eigenvalue weighted by molar-refractivity contribution is 0.111. The summed E-state index contributed by atoms with van der Waals surface area (Å²) < 4.78 is 23.0. The summed E-state index contributed by atoms with van der Waals surface area (Å²) in [5.74, 6) is 1.08. The van der Waals surface area contributed by atoms with Crippen LogP contribution < -0.4 is 18.9 Å². The molecule has 8 nitrogen and oxygen atoms in total. The summed E-state index contributed by atoms with van der Waals surface area (Å²) in [6.07, 6.45) is 4.27. The first-order valence-corrected chi connectivity index (χ1v) is 13.7. The summed E-state index contributed by atoms with van der Waals surface area (Å²) >= 11 is 6.40. The third-order valence-corrected chi connectivity index (χ3v) is 7.95. The van der Waals surface area contributed by atoms with Crippen LogP contribution in [0.1, 0.15) is 68.0 Å². The van der Waals surface area contributed by atoms with E-state index < -0.39 is 0 Å². The lowest BCUT2D eigenvalue weighted by atomic mass is 9.91. The minimum absolute atomic E-state index is 0.158. The molecule has 0 amide bonds. The van der Waals surface area contributed by atoms with Gasteiger partial charge >= 0.3 is 0 Å². The van der Waals surface area contributed by atoms with Crippen molar-refractivity contribution < 1.29 is 28.5 Å². The Morgan fingerprint density at radius 1 is 0.732 bits per heavy atom. The molecule has 0 unspecified atom stereocenters. The van der Waals surface area contributed by atoms with Gasteiger partial charge in [-0.2, -0.15) is 9.97 Å². The van der Waals surface area contributed by atoms with E-state index >= 15 is 0 Å². The fourth-order valence-electron chi connectivity index (χ4n) is 5.82. The van der Waals surface area contributed by atoms with Crippen LogP contribution in [-0.2, 0) is 12.8 Å². The molecule has 0 bridgehead atoms. The number of halogens is 1. The number of hydrogen-bond acceptors (Lipinski definition) is 8. The number of nitrogens with zero attached hydrogens (tertiary/aromatic N) is 2. The smallest absolute Gasteiger partial charge is 0.236 e. The minimum atomic E-state index is -0.232. The molecule has 0 aliphatic heterocycles. The van der Waals surface area contributed by atoms with Crippen molar-refractivity contribution in [3.8, 4) is 34.6 Å². The van der Waals surface area contributed by atoms with Gasteiger partial charge in [0.1, 0.15) is 17.2 Å². The summed E-state index contributed by atoms with van der Waals surface area (Å²) in [5, 5.41) is 0.261. The highest BCUT2D eigenvalue weighted by Crippen LogP contribution is 2.45. The summed E-state index contributed by atoms with van der Waals surface area (Å²) in [6, 6.07) is 17.5. The van der Waals surface area contributed by atoms with Crippen LogP contribution in [0.25, 0.3) is 11.1 Å². The zero-order valence-corrected chi connectivity index (χ0v) is 23.3. The van der Waals surface area contributed by atoms with Crippen LogP contribution in [0.4, 0.5) is 0 Å². The second-order valence-corrected chi connectivity index (χ2v) is 10.3. The molecule has 2 aliphatic rings. The van der Waals surface area contributed by atoms with E-state index in [1.165, 1.54) is 42.5 Å². The molecule has 208 valence electrons. The summed E-state index contributed by atoms with van der Waals surface area (Å²) in [6.45, 7) is 0. The van der Waals surface area contributed by atoms with Crippen LogP contribution in [0.5, 0.6) is 23.5 Å². The molecule has 9 heteroatoms. The van der Waals surface area contributed by atoms with Gasteiger partial charge in [0.25, 0.3) is 0 Å². The Hall–Kier alpha value is -4.43. The van der Waals surface area contributed by atoms with Gasteiger partial charge in [-0.15, -0.1) is 0 Å². The summed E-state index contributed by atoms with van der Waals surface area (Å²) in [7, 11) is 2.93. The van der Waals surface area contributed by atoms with Crippen molar-refractivity contribution in [2.24, 2.45) is 0 Å². The molecule has 41 heavy (non-hydrogen) atoms. The average Bonchev–Trinajstić information content (AvgIpc) is 3.61. The Balaban J connectivity index is 1.29. The highest BCUT2D eigenvalue weighted by Gasteiger charge is 2.31. The molecule has 2 atom stereocenters. The number of aromatic nitrogens is 2. The largest absolute Gasteiger partial charge is 0.480 e. The van der Waals surface area contributed by atoms with Crippen LogP contribution >= 0.6 is 11.6 Å². The maximum atomic E-state index is 11.3. The number of carbonyl (C=O) groups is 2. The van der Waals surface area contributed by atoms with Gasteiger partial charge in [0.05, 0.1) is 25.3 Å². The third kappa shape index (κ3) is 4.89. The molecule has 0 spiro atoms. The second-order valence-electron chi connectivity index (χ2n) is 9.89. The number of aldehydes is 2. The van der Waals surface area contributed by atoms with E-state index in [1.807, 2.05) is 6.07 Å². The van der Waals surface area contributed by atoms with E-state index in [4.69, 9.17) is 30.5 Å². The Kier molecular flexibility index (Phi) is 7.32. The van der Waals surface area contributed by atoms with E-state index in [0.717, 1.165) is 36.8 Å². The van der Waals surface area contributed by atoms with Crippen LogP contribution in [0.15, 0.2) is 54.6 Å². The average molecular weight is 571 g/mol. The number of rotatable bonds is 9. The molecule has 0 saturated carbocycles. The zero-order chi connectivity index (χ0) is 28.5. The summed E-state index contributed by atoms with van der Waals surface area (Å²) in [4.78, 5) is 31.3. The molecule has 2 aromatic carbocycles. The standard InChI is InChI=1S/C32H27ClN2O6/c1-38-30-18(16-36)9-14-29(34-30)40-27-12-10-22-20(5-3-7-24(22)27)21-6-4-8-25-23(21)11-13-28(25)41-32-26(33)15-19(17-37)31(35-32)39-2/h3-9,14-17,27-28H,10-13H2,1-2H3/t27-,28-/m0/s1. The molecule has 2 aliphatic carbocycles. The number of benzene rings is 2. The zero-order valence-electron chi connectivity index (χ0n) is 22.6. The van der Waals surface area contributed by atoms with Crippen LogP contribution in [0, 0.1) is 0 Å². The number of hydrogen-bond donors (Lipinski definition) is 0. The van der Waals surface area contributed by atoms with Crippen molar-refractivity contribution in [2.75, 3.05) is 14.2 Å². The quantitative estimate of drug-likeness (QED) is 0.208. The highest BCUT2D eigenvalue weighted by molar-refractivity contribution is 6.32. The predicted molar refractivity (Wildman–Crippen MR) is 153 cm³/mol. The minimum Gasteiger partial charge on any atom is -0.480 e. The van der Waals surface area contributed by atoms with Crippen molar-refractivity contribution in [1.82, 2.24) is 9.97 Å². The van der Waals surface area contributed by atoms with Crippen molar-refractivity contribution in [1.29, 1.82) is 0 Å². The van der Waals surface area contributed by atoms with Gasteiger partial charge in [0.2, 0.25) is 23.5 Å². The summed E-state index contributed by atoms with van der Waals surface area (Å²) in [5.41, 5.74) is 7.72. The Labute approximate surface area is 242 Å². The molecular weight excluding hydrogens is 544 g/mol. The van der Waals surface area contributed by atoms with Gasteiger partial charge in [0.15, 0.2) is 12.6 Å². The SMILES string of the molecule is COc1nc(O[C@H]2CCc3c(-c4cccc5c4CC[C@@H]5Oc4nc(OC)c(C=O)cc4Cl)cccc32)ccc1C=O. The van der Waals surface area contributed by atoms with Crippen molar-refractivity contribution in [3.05, 3.63) is 93.0 Å². The Morgan fingerprint density at radius 3 is 1.90 bits per heavy atom. The number of carbonyl (C=O) groups excluding carboxylic acids is 2. The Bertz CT molecular complexity index is 1660. The van der Waals surface area contributed by atoms with Crippen molar-refractivity contribution in [3.63, 3.8) is 0 Å². The molecule has 0 radical (unpaired) electrons. The van der Waals surface area contributed by atoms with Crippen LogP contribution in [0.3, 0.4) is 0 Å². The normalized spacial score (nSPS) is 17.0. The van der Waals surface area contributed by atoms with E-state index in [-0.39, 0.29) is 40.4 Å². The fourth-order valence-corrected chi connectivity index (χ4v) is 6.02. The van der Waals surface area contributed by atoms with Gasteiger partial charge in [-0.1, -0.05) is 48.0 Å².